The van der Waals surface area contributed by atoms with Crippen molar-refractivity contribution in [2.75, 3.05) is 13.1 Å². The monoisotopic (exact) mass is 646 g/mol. The van der Waals surface area contributed by atoms with Crippen LogP contribution in [0.3, 0.4) is 0 Å². The number of rotatable bonds is 15. The molecule has 0 spiro atoms. The Labute approximate surface area is 269 Å². The summed E-state index contributed by atoms with van der Waals surface area (Å²) in [5, 5.41) is 8.90. The Morgan fingerprint density at radius 2 is 1.93 bits per heavy atom. The molecule has 4 heterocycles. The van der Waals surface area contributed by atoms with Gasteiger partial charge < -0.3 is 13.9 Å². The van der Waals surface area contributed by atoms with E-state index in [1.165, 1.54) is 21.6 Å². The molecule has 0 atom stereocenters. The first-order chi connectivity index (χ1) is 21.6. The van der Waals surface area contributed by atoms with Gasteiger partial charge in [0.1, 0.15) is 5.76 Å². The highest BCUT2D eigenvalue weighted by Crippen LogP contribution is 2.36. The van der Waals surface area contributed by atoms with Gasteiger partial charge in [0, 0.05) is 37.9 Å². The van der Waals surface area contributed by atoms with Crippen molar-refractivity contribution in [3.05, 3.63) is 47.1 Å². The number of carbonyl (C=O) groups excluding carboxylic acids is 4. The number of carbonyl (C=O) groups is 4. The Hall–Kier alpha value is -4.15. The van der Waals surface area contributed by atoms with E-state index in [4.69, 9.17) is 15.8 Å². The van der Waals surface area contributed by atoms with Gasteiger partial charge in [-0.25, -0.2) is 4.98 Å². The number of thioether (sulfide) groups is 1. The number of aromatic nitrogens is 2. The number of unbranched alkanes of at least 4 members (excludes halogenated alkanes) is 1. The van der Waals surface area contributed by atoms with Crippen molar-refractivity contribution >= 4 is 63.5 Å². The fraction of sp³-hybridized carbons (Fsp3) is 0.406. The molecule has 3 aromatic rings. The second-order valence-electron chi connectivity index (χ2n) is 11.3. The van der Waals surface area contributed by atoms with Crippen LogP contribution in [0.5, 0.6) is 0 Å². The van der Waals surface area contributed by atoms with Crippen molar-refractivity contribution in [2.24, 2.45) is 10.2 Å². The number of amides is 3. The standard InChI is InChI=1S/C32H34N6O5S2/c1-5-17-36(27(40)15-16-32(4)34-35-32)20-22(39)10-8-9-18-37-25-12-7-6-11-24(25)33-30(37)45-28-14-13-23(43-28)19-26-29(41)38(21(2)3)31(42)44-26/h1,6-7,11-14,19,21H,8-10,15-18,20H2,2-4H3/b26-19-. The third kappa shape index (κ3) is 7.93. The number of furan rings is 1. The van der Waals surface area contributed by atoms with Gasteiger partial charge in [0.05, 0.1) is 29.0 Å². The Morgan fingerprint density at radius 3 is 2.64 bits per heavy atom. The smallest absolute Gasteiger partial charge is 0.293 e. The van der Waals surface area contributed by atoms with Gasteiger partial charge in [-0.1, -0.05) is 18.1 Å². The van der Waals surface area contributed by atoms with E-state index < -0.39 is 5.66 Å². The number of nitrogens with zero attached hydrogens (tertiary/aromatic N) is 6. The van der Waals surface area contributed by atoms with Crippen molar-refractivity contribution in [3.8, 4) is 12.3 Å². The molecule has 11 nitrogen and oxygen atoms in total. The van der Waals surface area contributed by atoms with Crippen molar-refractivity contribution in [1.82, 2.24) is 19.4 Å². The topological polar surface area (TPSA) is 130 Å². The zero-order chi connectivity index (χ0) is 32.1. The lowest BCUT2D eigenvalue weighted by Gasteiger charge is -2.20. The second kappa shape index (κ2) is 13.9. The maximum atomic E-state index is 12.8. The zero-order valence-electron chi connectivity index (χ0n) is 25.4. The second-order valence-corrected chi connectivity index (χ2v) is 13.3. The summed E-state index contributed by atoms with van der Waals surface area (Å²) < 4.78 is 8.09. The average molecular weight is 647 g/mol. The minimum atomic E-state index is -0.473. The van der Waals surface area contributed by atoms with Crippen molar-refractivity contribution < 1.29 is 23.6 Å². The number of Topliss-reactive ketones (excluding diaryl/α,β-unsaturated/α-hetero) is 1. The molecular weight excluding hydrogens is 613 g/mol. The van der Waals surface area contributed by atoms with Gasteiger partial charge in [-0.3, -0.25) is 24.1 Å². The highest BCUT2D eigenvalue weighted by atomic mass is 32.2. The third-order valence-corrected chi connectivity index (χ3v) is 9.17. The van der Waals surface area contributed by atoms with Gasteiger partial charge in [0.2, 0.25) is 5.91 Å². The van der Waals surface area contributed by atoms with Crippen LogP contribution in [0.4, 0.5) is 4.79 Å². The first kappa shape index (κ1) is 32.2. The lowest BCUT2D eigenvalue weighted by Crippen LogP contribution is -2.36. The fourth-order valence-corrected chi connectivity index (χ4v) is 6.71. The number of imidazole rings is 1. The predicted molar refractivity (Wildman–Crippen MR) is 172 cm³/mol. The van der Waals surface area contributed by atoms with E-state index in [0.29, 0.717) is 41.6 Å². The maximum Gasteiger partial charge on any atom is 0.293 e. The van der Waals surface area contributed by atoms with Crippen LogP contribution in [-0.2, 0) is 20.9 Å². The van der Waals surface area contributed by atoms with Crippen LogP contribution in [-0.4, -0.2) is 67.0 Å². The van der Waals surface area contributed by atoms with Crippen LogP contribution in [0.25, 0.3) is 17.1 Å². The quantitative estimate of drug-likeness (QED) is 0.106. The molecule has 0 radical (unpaired) electrons. The SMILES string of the molecule is C#CCN(CC(=O)CCCCn1c(Sc2ccc(/C=C3\SC(=O)N(C(C)C)C3=O)o2)nc2ccccc21)C(=O)CCC1(C)N=N1. The van der Waals surface area contributed by atoms with Crippen LogP contribution in [0.1, 0.15) is 58.6 Å². The number of hydrogen-bond donors (Lipinski definition) is 0. The Bertz CT molecular complexity index is 1730. The van der Waals surface area contributed by atoms with Crippen LogP contribution in [0.2, 0.25) is 0 Å². The summed E-state index contributed by atoms with van der Waals surface area (Å²) in [6.45, 7) is 6.17. The highest BCUT2D eigenvalue weighted by molar-refractivity contribution is 8.18. The van der Waals surface area contributed by atoms with Gasteiger partial charge in [-0.05, 0) is 81.4 Å². The lowest BCUT2D eigenvalue weighted by atomic mass is 10.1. The average Bonchev–Trinajstić information content (AvgIpc) is 3.28. The summed E-state index contributed by atoms with van der Waals surface area (Å²) in [6, 6.07) is 11.2. The molecule has 0 aliphatic carbocycles. The molecule has 0 N–H and O–H groups in total. The molecule has 5 rings (SSSR count). The molecule has 2 aromatic heterocycles. The van der Waals surface area contributed by atoms with Gasteiger partial charge in [-0.2, -0.15) is 10.2 Å². The summed E-state index contributed by atoms with van der Waals surface area (Å²) in [4.78, 5) is 58.1. The first-order valence-corrected chi connectivity index (χ1v) is 16.4. The highest BCUT2D eigenvalue weighted by Gasteiger charge is 2.37. The van der Waals surface area contributed by atoms with Crippen LogP contribution in [0, 0.1) is 12.3 Å². The molecule has 0 saturated carbocycles. The summed E-state index contributed by atoms with van der Waals surface area (Å²) in [5.74, 6) is 2.42. The fourth-order valence-electron chi connectivity index (χ4n) is 4.87. The van der Waals surface area contributed by atoms with Gasteiger partial charge in [-0.15, -0.1) is 6.42 Å². The number of hydrogen-bond acceptors (Lipinski definition) is 10. The molecule has 45 heavy (non-hydrogen) atoms. The lowest BCUT2D eigenvalue weighted by molar-refractivity contribution is -0.135. The Balaban J connectivity index is 1.18. The predicted octanol–water partition coefficient (Wildman–Crippen LogP) is 6.39. The van der Waals surface area contributed by atoms with Crippen molar-refractivity contribution in [3.63, 3.8) is 0 Å². The van der Waals surface area contributed by atoms with E-state index in [0.717, 1.165) is 34.4 Å². The zero-order valence-corrected chi connectivity index (χ0v) is 27.0. The number of imide groups is 1. The molecule has 13 heteroatoms. The van der Waals surface area contributed by atoms with Crippen LogP contribution in [0.15, 0.2) is 66.2 Å². The van der Waals surface area contributed by atoms with E-state index in [9.17, 15) is 19.2 Å². The van der Waals surface area contributed by atoms with Crippen molar-refractivity contribution in [2.45, 2.75) is 81.4 Å². The molecule has 2 aliphatic heterocycles. The number of ketones is 1. The molecule has 1 saturated heterocycles. The number of fused-ring (bicyclic) bond motifs is 1. The number of para-hydroxylation sites is 2. The van der Waals surface area contributed by atoms with E-state index >= 15 is 0 Å². The summed E-state index contributed by atoms with van der Waals surface area (Å²) in [7, 11) is 0. The van der Waals surface area contributed by atoms with Gasteiger partial charge in [0.15, 0.2) is 21.7 Å². The minimum Gasteiger partial charge on any atom is -0.450 e. The summed E-state index contributed by atoms with van der Waals surface area (Å²) >= 11 is 2.27. The maximum absolute atomic E-state index is 12.8. The van der Waals surface area contributed by atoms with E-state index in [-0.39, 0.29) is 48.4 Å². The molecule has 1 aromatic carbocycles. The van der Waals surface area contributed by atoms with Crippen LogP contribution < -0.4 is 0 Å². The Kier molecular flexibility index (Phi) is 9.94. The summed E-state index contributed by atoms with van der Waals surface area (Å²) in [5.41, 5.74) is 1.34. The molecular formula is C32H34N6O5S2. The number of benzene rings is 1. The van der Waals surface area contributed by atoms with Gasteiger partial charge >= 0.3 is 0 Å². The molecule has 0 bridgehead atoms. The molecule has 0 unspecified atom stereocenters. The van der Waals surface area contributed by atoms with Crippen LogP contribution >= 0.6 is 23.5 Å². The van der Waals surface area contributed by atoms with E-state index in [1.54, 1.807) is 26.0 Å². The Morgan fingerprint density at radius 1 is 1.16 bits per heavy atom. The first-order valence-electron chi connectivity index (χ1n) is 14.7. The van der Waals surface area contributed by atoms with Gasteiger partial charge in [0.25, 0.3) is 11.1 Å². The molecule has 1 fully saturated rings. The van der Waals surface area contributed by atoms with Crippen molar-refractivity contribution in [1.29, 1.82) is 0 Å². The molecule has 234 valence electrons. The third-order valence-electron chi connectivity index (χ3n) is 7.37. The summed E-state index contributed by atoms with van der Waals surface area (Å²) in [6.07, 6.45) is 9.48. The number of terminal acetylenes is 1. The molecule has 3 amide bonds. The number of aryl methyl sites for hydroxylation is 1. The van der Waals surface area contributed by atoms with E-state index in [1.807, 2.05) is 37.3 Å². The molecule has 2 aliphatic rings. The minimum absolute atomic E-state index is 0.00606. The normalized spacial score (nSPS) is 16.2. The largest absolute Gasteiger partial charge is 0.450 e. The van der Waals surface area contributed by atoms with E-state index in [2.05, 4.69) is 20.7 Å².